The van der Waals surface area contributed by atoms with Crippen LogP contribution in [-0.2, 0) is 17.9 Å². The number of carbonyl (C=O) groups excluding carboxylic acids is 1. The highest BCUT2D eigenvalue weighted by molar-refractivity contribution is 8.15. The summed E-state index contributed by atoms with van der Waals surface area (Å²) < 4.78 is 1.14. The van der Waals surface area contributed by atoms with Gasteiger partial charge in [-0.05, 0) is 36.2 Å². The van der Waals surface area contributed by atoms with Crippen molar-refractivity contribution >= 4 is 49.8 Å². The van der Waals surface area contributed by atoms with Crippen LogP contribution in [0.25, 0.3) is 10.2 Å². The van der Waals surface area contributed by atoms with E-state index in [0.29, 0.717) is 5.75 Å². The molecule has 0 N–H and O–H groups in total. The molecule has 3 aromatic carbocycles. The van der Waals surface area contributed by atoms with E-state index in [4.69, 9.17) is 4.98 Å². The van der Waals surface area contributed by atoms with Crippen LogP contribution in [0.3, 0.4) is 0 Å². The van der Waals surface area contributed by atoms with Crippen molar-refractivity contribution in [3.63, 3.8) is 0 Å². The fraction of sp³-hybridized carbons (Fsp3) is 0.192. The number of Topliss-reactive ketones (excluding diaryl/α,β-unsaturated/α-hetero) is 1. The van der Waals surface area contributed by atoms with Crippen LogP contribution in [0.15, 0.2) is 83.9 Å². The van der Waals surface area contributed by atoms with Crippen LogP contribution in [0.4, 0.5) is 5.69 Å². The molecule has 4 aromatic rings. The second-order valence-electron chi connectivity index (χ2n) is 7.87. The molecule has 0 spiro atoms. The van der Waals surface area contributed by atoms with Gasteiger partial charge in [-0.2, -0.15) is 0 Å². The SMILES string of the molecule is CC(=O)C1CSC(c2nc3ccc(N(Cc4ccccc4)Cc4ccccc4)cc3s2)=N1. The van der Waals surface area contributed by atoms with E-state index < -0.39 is 0 Å². The molecule has 1 aliphatic heterocycles. The topological polar surface area (TPSA) is 45.6 Å². The predicted molar refractivity (Wildman–Crippen MR) is 136 cm³/mol. The largest absolute Gasteiger partial charge is 0.363 e. The van der Waals surface area contributed by atoms with Gasteiger partial charge in [0, 0.05) is 24.5 Å². The van der Waals surface area contributed by atoms with E-state index in [-0.39, 0.29) is 11.8 Å². The van der Waals surface area contributed by atoms with E-state index in [2.05, 4.69) is 88.8 Å². The zero-order valence-corrected chi connectivity index (χ0v) is 19.4. The first-order valence-corrected chi connectivity index (χ1v) is 12.4. The number of aliphatic imine (C=N–C) groups is 1. The van der Waals surface area contributed by atoms with E-state index in [9.17, 15) is 4.79 Å². The summed E-state index contributed by atoms with van der Waals surface area (Å²) in [5.41, 5.74) is 4.70. The average Bonchev–Trinajstić information content (AvgIpc) is 3.47. The van der Waals surface area contributed by atoms with Crippen LogP contribution in [0.5, 0.6) is 0 Å². The van der Waals surface area contributed by atoms with Gasteiger partial charge in [-0.15, -0.1) is 23.1 Å². The number of anilines is 1. The first kappa shape index (κ1) is 20.9. The molecule has 6 heteroatoms. The van der Waals surface area contributed by atoms with Crippen LogP contribution in [-0.4, -0.2) is 27.6 Å². The number of fused-ring (bicyclic) bond motifs is 1. The quantitative estimate of drug-likeness (QED) is 0.344. The Bertz CT molecular complexity index is 1230. The molecule has 1 unspecified atom stereocenters. The van der Waals surface area contributed by atoms with E-state index in [1.807, 2.05) is 0 Å². The molecule has 4 nitrogen and oxygen atoms in total. The third-order valence-corrected chi connectivity index (χ3v) is 7.68. The number of thiazole rings is 1. The number of aromatic nitrogens is 1. The predicted octanol–water partition coefficient (Wildman–Crippen LogP) is 5.95. The number of ketones is 1. The lowest BCUT2D eigenvalue weighted by molar-refractivity contribution is -0.117. The molecule has 0 aliphatic carbocycles. The van der Waals surface area contributed by atoms with Crippen molar-refractivity contribution in [2.75, 3.05) is 10.7 Å². The first-order valence-electron chi connectivity index (χ1n) is 10.6. The van der Waals surface area contributed by atoms with Gasteiger partial charge in [0.2, 0.25) is 0 Å². The summed E-state index contributed by atoms with van der Waals surface area (Å²) in [6, 6.07) is 27.4. The van der Waals surface area contributed by atoms with Gasteiger partial charge in [-0.3, -0.25) is 9.79 Å². The Kier molecular flexibility index (Phi) is 6.06. The first-order chi connectivity index (χ1) is 15.7. The van der Waals surface area contributed by atoms with Crippen LogP contribution in [0.1, 0.15) is 23.1 Å². The fourth-order valence-corrected chi connectivity index (χ4v) is 5.93. The lowest BCUT2D eigenvalue weighted by Crippen LogP contribution is -2.22. The highest BCUT2D eigenvalue weighted by atomic mass is 32.2. The molecular formula is C26H23N3OS2. The highest BCUT2D eigenvalue weighted by Crippen LogP contribution is 2.33. The molecule has 0 saturated carbocycles. The number of benzene rings is 3. The van der Waals surface area contributed by atoms with Gasteiger partial charge in [0.1, 0.15) is 16.1 Å². The maximum atomic E-state index is 11.7. The number of hydrogen-bond donors (Lipinski definition) is 0. The molecule has 2 heterocycles. The third-order valence-electron chi connectivity index (χ3n) is 5.47. The normalized spacial score (nSPS) is 15.7. The molecule has 0 radical (unpaired) electrons. The van der Waals surface area contributed by atoms with E-state index in [1.54, 1.807) is 30.0 Å². The Morgan fingerprint density at radius 3 is 2.22 bits per heavy atom. The zero-order valence-electron chi connectivity index (χ0n) is 17.8. The second kappa shape index (κ2) is 9.27. The van der Waals surface area contributed by atoms with Gasteiger partial charge in [-0.25, -0.2) is 4.98 Å². The standard InChI is InChI=1S/C26H23N3OS2/c1-18(30)23-17-31-25(28-23)26-27-22-13-12-21(14-24(22)32-26)29(15-19-8-4-2-5-9-19)16-20-10-6-3-7-11-20/h2-14,23H,15-17H2,1H3. The van der Waals surface area contributed by atoms with Crippen molar-refractivity contribution in [2.24, 2.45) is 4.99 Å². The van der Waals surface area contributed by atoms with Gasteiger partial charge in [0.25, 0.3) is 0 Å². The molecule has 160 valence electrons. The molecule has 0 fully saturated rings. The van der Waals surface area contributed by atoms with E-state index in [1.165, 1.54) is 16.8 Å². The van der Waals surface area contributed by atoms with Crippen molar-refractivity contribution in [2.45, 2.75) is 26.1 Å². The van der Waals surface area contributed by atoms with Crippen molar-refractivity contribution in [3.8, 4) is 0 Å². The highest BCUT2D eigenvalue weighted by Gasteiger charge is 2.25. The molecule has 0 saturated heterocycles. The summed E-state index contributed by atoms with van der Waals surface area (Å²) in [5.74, 6) is 0.835. The van der Waals surface area contributed by atoms with E-state index >= 15 is 0 Å². The molecule has 5 rings (SSSR count). The number of rotatable bonds is 7. The molecule has 0 amide bonds. The van der Waals surface area contributed by atoms with Crippen molar-refractivity contribution < 1.29 is 4.79 Å². The van der Waals surface area contributed by atoms with Gasteiger partial charge in [0.05, 0.1) is 10.2 Å². The molecule has 1 aromatic heterocycles. The van der Waals surface area contributed by atoms with Crippen molar-refractivity contribution in [3.05, 3.63) is 95.0 Å². The van der Waals surface area contributed by atoms with Crippen LogP contribution in [0, 0.1) is 0 Å². The molecular weight excluding hydrogens is 434 g/mol. The second-order valence-corrected chi connectivity index (χ2v) is 9.91. The maximum Gasteiger partial charge on any atom is 0.155 e. The summed E-state index contributed by atoms with van der Waals surface area (Å²) in [6.45, 7) is 3.27. The van der Waals surface area contributed by atoms with Gasteiger partial charge in [0.15, 0.2) is 5.78 Å². The maximum absolute atomic E-state index is 11.7. The Morgan fingerprint density at radius 1 is 0.969 bits per heavy atom. The van der Waals surface area contributed by atoms with Crippen LogP contribution >= 0.6 is 23.1 Å². The number of thioether (sulfide) groups is 1. The fourth-order valence-electron chi connectivity index (χ4n) is 3.75. The van der Waals surface area contributed by atoms with Crippen molar-refractivity contribution in [1.29, 1.82) is 0 Å². The smallest absolute Gasteiger partial charge is 0.155 e. The van der Waals surface area contributed by atoms with E-state index in [0.717, 1.165) is 33.4 Å². The van der Waals surface area contributed by atoms with Crippen LogP contribution < -0.4 is 4.90 Å². The summed E-state index contributed by atoms with van der Waals surface area (Å²) in [7, 11) is 0. The minimum absolute atomic E-state index is 0.119. The van der Waals surface area contributed by atoms with Crippen molar-refractivity contribution in [1.82, 2.24) is 4.98 Å². The monoisotopic (exact) mass is 457 g/mol. The average molecular weight is 458 g/mol. The molecule has 0 bridgehead atoms. The zero-order chi connectivity index (χ0) is 21.9. The summed E-state index contributed by atoms with van der Waals surface area (Å²) in [4.78, 5) is 23.5. The Labute approximate surface area is 196 Å². The lowest BCUT2D eigenvalue weighted by atomic mass is 10.1. The van der Waals surface area contributed by atoms with Gasteiger partial charge in [-0.1, -0.05) is 60.7 Å². The summed E-state index contributed by atoms with van der Waals surface area (Å²) >= 11 is 3.28. The third kappa shape index (κ3) is 4.61. The van der Waals surface area contributed by atoms with Gasteiger partial charge >= 0.3 is 0 Å². The molecule has 32 heavy (non-hydrogen) atoms. The Balaban J connectivity index is 1.46. The summed E-state index contributed by atoms with van der Waals surface area (Å²) in [6.07, 6.45) is 0. The number of nitrogens with zero attached hydrogens (tertiary/aromatic N) is 3. The minimum atomic E-state index is -0.232. The Hall–Kier alpha value is -2.96. The minimum Gasteiger partial charge on any atom is -0.363 e. The van der Waals surface area contributed by atoms with Crippen LogP contribution in [0.2, 0.25) is 0 Å². The Morgan fingerprint density at radius 2 is 1.62 bits per heavy atom. The molecule has 1 atom stereocenters. The number of carbonyl (C=O) groups is 1. The lowest BCUT2D eigenvalue weighted by Gasteiger charge is -2.25. The molecule has 1 aliphatic rings. The number of hydrogen-bond acceptors (Lipinski definition) is 6. The van der Waals surface area contributed by atoms with Gasteiger partial charge < -0.3 is 4.90 Å². The summed E-state index contributed by atoms with van der Waals surface area (Å²) in [5, 5.41) is 1.79.